The molecule has 0 saturated carbocycles. The molecule has 0 heterocycles. The van der Waals surface area contributed by atoms with E-state index in [1.807, 2.05) is 6.07 Å². The predicted molar refractivity (Wildman–Crippen MR) is 110 cm³/mol. The fourth-order valence-corrected chi connectivity index (χ4v) is 5.58. The number of aryl methyl sites for hydroxylation is 3. The normalized spacial score (nSPS) is 14.1. The lowest BCUT2D eigenvalue weighted by Gasteiger charge is -2.31. The third kappa shape index (κ3) is 5.21. The van der Waals surface area contributed by atoms with Crippen LogP contribution in [0.3, 0.4) is 0 Å². The van der Waals surface area contributed by atoms with Crippen LogP contribution < -0.4 is 9.46 Å². The summed E-state index contributed by atoms with van der Waals surface area (Å²) >= 11 is 0.991. The van der Waals surface area contributed by atoms with Crippen molar-refractivity contribution in [2.45, 2.75) is 35.4 Å². The van der Waals surface area contributed by atoms with Crippen molar-refractivity contribution < 1.29 is 26.3 Å². The van der Waals surface area contributed by atoms with Crippen LogP contribution >= 0.6 is 22.6 Å². The monoisotopic (exact) mass is 538 g/mol. The largest absolute Gasteiger partial charge is 0.489 e. The lowest BCUT2D eigenvalue weighted by molar-refractivity contribution is -0.163. The summed E-state index contributed by atoms with van der Waals surface area (Å²) in [4.78, 5) is -0.203. The van der Waals surface area contributed by atoms with E-state index < -0.39 is 26.4 Å². The SMILES string of the molecule is Cc1cc(C)c(S(=O)(=O)NC(I)(COc2ccccc2C#N)C(F)(F)F)c(C)c1. The second kappa shape index (κ2) is 8.49. The molecule has 2 aromatic rings. The van der Waals surface area contributed by atoms with E-state index in [1.54, 1.807) is 23.8 Å². The smallest absolute Gasteiger partial charge is 0.420 e. The number of rotatable bonds is 6. The summed E-state index contributed by atoms with van der Waals surface area (Å²) in [6.07, 6.45) is -4.96. The lowest BCUT2D eigenvalue weighted by atomic mass is 10.1. The number of benzene rings is 2. The minimum absolute atomic E-state index is 0.0431. The highest BCUT2D eigenvalue weighted by molar-refractivity contribution is 14.1. The van der Waals surface area contributed by atoms with Gasteiger partial charge in [0.05, 0.1) is 10.5 Å². The van der Waals surface area contributed by atoms with Gasteiger partial charge >= 0.3 is 6.18 Å². The van der Waals surface area contributed by atoms with Gasteiger partial charge < -0.3 is 4.74 Å². The molecule has 1 atom stereocenters. The van der Waals surface area contributed by atoms with Gasteiger partial charge in [0, 0.05) is 0 Å². The first-order chi connectivity index (χ1) is 13.3. The van der Waals surface area contributed by atoms with Gasteiger partial charge in [0.25, 0.3) is 0 Å². The summed E-state index contributed by atoms with van der Waals surface area (Å²) < 4.78 is 71.2. The topological polar surface area (TPSA) is 79.2 Å². The van der Waals surface area contributed by atoms with E-state index in [0.29, 0.717) is 11.1 Å². The van der Waals surface area contributed by atoms with Crippen molar-refractivity contribution in [1.29, 1.82) is 5.26 Å². The third-order valence-electron chi connectivity index (χ3n) is 4.05. The zero-order valence-electron chi connectivity index (χ0n) is 15.8. The average Bonchev–Trinajstić information content (AvgIpc) is 2.57. The van der Waals surface area contributed by atoms with Crippen molar-refractivity contribution in [1.82, 2.24) is 4.72 Å². The van der Waals surface area contributed by atoms with Gasteiger partial charge in [0.1, 0.15) is 18.4 Å². The number of hydrogen-bond acceptors (Lipinski definition) is 4. The molecule has 0 aliphatic rings. The van der Waals surface area contributed by atoms with Crippen molar-refractivity contribution in [3.05, 3.63) is 58.7 Å². The standard InChI is InChI=1S/C19H18F3IN2O3S/c1-12-8-13(2)17(14(3)9-12)29(26,27)25-18(23,19(20,21)22)11-28-16-7-5-4-6-15(16)10-24/h4-9,25H,11H2,1-3H3. The molecule has 0 bridgehead atoms. The first-order valence-corrected chi connectivity index (χ1v) is 10.9. The highest BCUT2D eigenvalue weighted by atomic mass is 127. The molecule has 0 aromatic heterocycles. The number of halogens is 4. The molecule has 2 rings (SSSR count). The lowest BCUT2D eigenvalue weighted by Crippen LogP contribution is -2.57. The summed E-state index contributed by atoms with van der Waals surface area (Å²) in [6.45, 7) is 3.76. The number of nitriles is 1. The van der Waals surface area contributed by atoms with Crippen LogP contribution in [0.4, 0.5) is 13.2 Å². The Morgan fingerprint density at radius 2 is 1.69 bits per heavy atom. The quantitative estimate of drug-likeness (QED) is 0.333. The van der Waals surface area contributed by atoms with Crippen LogP contribution in [0.25, 0.3) is 0 Å². The molecule has 2 aromatic carbocycles. The van der Waals surface area contributed by atoms with Gasteiger partial charge in [-0.05, 0) is 66.6 Å². The minimum Gasteiger partial charge on any atom is -0.489 e. The Hall–Kier alpha value is -1.84. The Balaban J connectivity index is 2.42. The molecule has 0 spiro atoms. The molecule has 0 saturated heterocycles. The average molecular weight is 538 g/mol. The van der Waals surface area contributed by atoms with Crippen molar-refractivity contribution in [3.63, 3.8) is 0 Å². The molecule has 10 heteroatoms. The van der Waals surface area contributed by atoms with E-state index in [0.717, 1.165) is 28.2 Å². The van der Waals surface area contributed by atoms with E-state index in [9.17, 15) is 21.6 Å². The Morgan fingerprint density at radius 1 is 1.14 bits per heavy atom. The molecule has 0 aliphatic carbocycles. The highest BCUT2D eigenvalue weighted by Crippen LogP contribution is 2.39. The Morgan fingerprint density at radius 3 is 2.21 bits per heavy atom. The summed E-state index contributed by atoms with van der Waals surface area (Å²) in [5, 5.41) is 9.06. The molecular formula is C19H18F3IN2O3S. The minimum atomic E-state index is -4.96. The van der Waals surface area contributed by atoms with Gasteiger partial charge in [-0.25, -0.2) is 8.42 Å². The van der Waals surface area contributed by atoms with Crippen molar-refractivity contribution in [2.24, 2.45) is 0 Å². The highest BCUT2D eigenvalue weighted by Gasteiger charge is 2.56. The number of hydrogen-bond donors (Lipinski definition) is 1. The van der Waals surface area contributed by atoms with Crippen LogP contribution in [0, 0.1) is 32.1 Å². The van der Waals surface area contributed by atoms with E-state index >= 15 is 0 Å². The van der Waals surface area contributed by atoms with E-state index in [2.05, 4.69) is 0 Å². The van der Waals surface area contributed by atoms with E-state index in [1.165, 1.54) is 38.1 Å². The van der Waals surface area contributed by atoms with Crippen LogP contribution in [-0.4, -0.2) is 24.7 Å². The number of ether oxygens (including phenoxy) is 1. The molecule has 0 fully saturated rings. The molecule has 0 radical (unpaired) electrons. The molecule has 156 valence electrons. The van der Waals surface area contributed by atoms with Crippen LogP contribution in [0.5, 0.6) is 5.75 Å². The zero-order valence-corrected chi connectivity index (χ0v) is 18.7. The summed E-state index contributed by atoms with van der Waals surface area (Å²) in [5.74, 6) is -0.0674. The van der Waals surface area contributed by atoms with E-state index in [-0.39, 0.29) is 16.2 Å². The summed E-state index contributed by atoms with van der Waals surface area (Å²) in [7, 11) is -4.52. The molecule has 1 N–H and O–H groups in total. The number of nitrogens with one attached hydrogen (secondary N) is 1. The summed E-state index contributed by atoms with van der Waals surface area (Å²) in [5.41, 5.74) is 1.52. The molecule has 5 nitrogen and oxygen atoms in total. The van der Waals surface area contributed by atoms with E-state index in [4.69, 9.17) is 10.00 Å². The second-order valence-corrected chi connectivity index (χ2v) is 9.99. The van der Waals surface area contributed by atoms with Gasteiger partial charge in [0.15, 0.2) is 0 Å². The zero-order chi connectivity index (χ0) is 22.0. The number of para-hydroxylation sites is 1. The van der Waals surface area contributed by atoms with Crippen LogP contribution in [0.15, 0.2) is 41.3 Å². The first-order valence-electron chi connectivity index (χ1n) is 8.30. The Bertz CT molecular complexity index is 1040. The predicted octanol–water partition coefficient (Wildman–Crippen LogP) is 4.53. The van der Waals surface area contributed by atoms with Gasteiger partial charge in [-0.2, -0.15) is 23.2 Å². The number of alkyl halides is 4. The van der Waals surface area contributed by atoms with Gasteiger partial charge in [-0.3, -0.25) is 0 Å². The fourth-order valence-electron chi connectivity index (χ4n) is 2.89. The van der Waals surface area contributed by atoms with Gasteiger partial charge in [-0.1, -0.05) is 29.8 Å². The maximum absolute atomic E-state index is 13.8. The molecule has 0 amide bonds. The van der Waals surface area contributed by atoms with Gasteiger partial charge in [-0.15, -0.1) is 0 Å². The molecule has 1 unspecified atom stereocenters. The molecular weight excluding hydrogens is 520 g/mol. The first kappa shape index (κ1) is 23.4. The van der Waals surface area contributed by atoms with Crippen LogP contribution in [0.2, 0.25) is 0 Å². The maximum atomic E-state index is 13.8. The number of nitrogens with zero attached hydrogens (tertiary/aromatic N) is 1. The fraction of sp³-hybridized carbons (Fsp3) is 0.316. The van der Waals surface area contributed by atoms with Crippen molar-refractivity contribution in [3.8, 4) is 11.8 Å². The van der Waals surface area contributed by atoms with Gasteiger partial charge in [0.2, 0.25) is 13.6 Å². The maximum Gasteiger partial charge on any atom is 0.420 e. The molecule has 0 aliphatic heterocycles. The van der Waals surface area contributed by atoms with Crippen LogP contribution in [0.1, 0.15) is 22.3 Å². The Labute approximate surface area is 181 Å². The number of sulfonamides is 1. The van der Waals surface area contributed by atoms with Crippen LogP contribution in [-0.2, 0) is 10.0 Å². The second-order valence-electron chi connectivity index (χ2n) is 6.53. The summed E-state index contributed by atoms with van der Waals surface area (Å²) in [6, 6.07) is 10.8. The molecule has 29 heavy (non-hydrogen) atoms. The Kier molecular flexibility index (Phi) is 6.86. The third-order valence-corrected chi connectivity index (χ3v) is 7.41. The van der Waals surface area contributed by atoms with Crippen molar-refractivity contribution >= 4 is 32.6 Å². The van der Waals surface area contributed by atoms with Crippen molar-refractivity contribution in [2.75, 3.05) is 6.61 Å².